The number of alkyl carbamates (subject to hydrolysis) is 1. The summed E-state index contributed by atoms with van der Waals surface area (Å²) >= 11 is 0. The molecule has 0 aliphatic carbocycles. The van der Waals surface area contributed by atoms with E-state index in [1.807, 2.05) is 0 Å². The van der Waals surface area contributed by atoms with Crippen LogP contribution in [0.15, 0.2) is 12.2 Å². The first kappa shape index (κ1) is 25.0. The monoisotopic (exact) mass is 395 g/mol. The molecule has 1 saturated heterocycles. The van der Waals surface area contributed by atoms with Crippen molar-refractivity contribution < 1.29 is 14.3 Å². The summed E-state index contributed by atoms with van der Waals surface area (Å²) in [5.41, 5.74) is 0. The summed E-state index contributed by atoms with van der Waals surface area (Å²) in [5.74, 6) is 0. The molecule has 0 aromatic heterocycles. The molecule has 4 heteroatoms. The highest BCUT2D eigenvalue weighted by atomic mass is 16.6. The molecule has 2 atom stereocenters. The van der Waals surface area contributed by atoms with Gasteiger partial charge in [-0.05, 0) is 38.5 Å². The fourth-order valence-corrected chi connectivity index (χ4v) is 3.64. The zero-order valence-corrected chi connectivity index (χ0v) is 18.6. The summed E-state index contributed by atoms with van der Waals surface area (Å²) < 4.78 is 10.7. The molecule has 164 valence electrons. The Labute approximate surface area is 173 Å². The van der Waals surface area contributed by atoms with Gasteiger partial charge in [0.25, 0.3) is 0 Å². The van der Waals surface area contributed by atoms with Gasteiger partial charge >= 0.3 is 6.09 Å². The average Bonchev–Trinajstić information content (AvgIpc) is 3.19. The van der Waals surface area contributed by atoms with Gasteiger partial charge in [-0.25, -0.2) is 4.79 Å². The Kier molecular flexibility index (Phi) is 16.1. The van der Waals surface area contributed by atoms with Crippen molar-refractivity contribution >= 4 is 6.09 Å². The Morgan fingerprint density at radius 1 is 0.964 bits per heavy atom. The summed E-state index contributed by atoms with van der Waals surface area (Å²) in [4.78, 5) is 12.1. The fourth-order valence-electron chi connectivity index (χ4n) is 3.64. The predicted octanol–water partition coefficient (Wildman–Crippen LogP) is 6.93. The molecule has 0 spiro atoms. The van der Waals surface area contributed by atoms with Gasteiger partial charge in [-0.3, -0.25) is 0 Å². The molecular formula is C24H45NO3. The Bertz CT molecular complexity index is 391. The lowest BCUT2D eigenvalue weighted by molar-refractivity contribution is 0.0801. The molecule has 1 rings (SSSR count). The van der Waals surface area contributed by atoms with Crippen molar-refractivity contribution in [3.05, 3.63) is 12.2 Å². The molecule has 0 saturated carbocycles. The van der Waals surface area contributed by atoms with Crippen molar-refractivity contribution in [1.29, 1.82) is 0 Å². The van der Waals surface area contributed by atoms with Gasteiger partial charge in [-0.1, -0.05) is 77.4 Å². The van der Waals surface area contributed by atoms with Crippen LogP contribution in [-0.4, -0.2) is 31.5 Å². The smallest absolute Gasteiger partial charge is 0.407 e. The van der Waals surface area contributed by atoms with Gasteiger partial charge in [0.15, 0.2) is 0 Å². The number of nitrogens with one attached hydrogen (secondary N) is 1. The highest BCUT2D eigenvalue weighted by molar-refractivity contribution is 5.67. The molecule has 1 aliphatic heterocycles. The topological polar surface area (TPSA) is 47.6 Å². The van der Waals surface area contributed by atoms with Crippen LogP contribution >= 0.6 is 0 Å². The first-order chi connectivity index (χ1) is 13.8. The van der Waals surface area contributed by atoms with Crippen LogP contribution in [0.25, 0.3) is 0 Å². The molecular weight excluding hydrogens is 350 g/mol. The van der Waals surface area contributed by atoms with E-state index in [2.05, 4.69) is 31.3 Å². The maximum Gasteiger partial charge on any atom is 0.407 e. The van der Waals surface area contributed by atoms with Gasteiger partial charge in [-0.15, -0.1) is 0 Å². The number of ether oxygens (including phenoxy) is 2. The lowest BCUT2D eigenvalue weighted by Gasteiger charge is -2.20. The van der Waals surface area contributed by atoms with Crippen LogP contribution in [0.4, 0.5) is 4.79 Å². The molecule has 2 unspecified atom stereocenters. The molecule has 4 nitrogen and oxygen atoms in total. The van der Waals surface area contributed by atoms with Crippen molar-refractivity contribution in [1.82, 2.24) is 5.32 Å². The highest BCUT2D eigenvalue weighted by Gasteiger charge is 2.21. The second-order valence-electron chi connectivity index (χ2n) is 8.19. The van der Waals surface area contributed by atoms with E-state index >= 15 is 0 Å². The number of hydrogen-bond donors (Lipinski definition) is 1. The maximum atomic E-state index is 12.1. The van der Waals surface area contributed by atoms with Crippen LogP contribution in [0, 0.1) is 0 Å². The van der Waals surface area contributed by atoms with E-state index in [1.54, 1.807) is 0 Å². The zero-order chi connectivity index (χ0) is 20.3. The van der Waals surface area contributed by atoms with Gasteiger partial charge in [0, 0.05) is 12.5 Å². The maximum absolute atomic E-state index is 12.1. The number of carbonyl (C=O) groups is 1. The first-order valence-corrected chi connectivity index (χ1v) is 12.0. The minimum Gasteiger partial charge on any atom is -0.444 e. The minimum atomic E-state index is -0.261. The molecule has 1 fully saturated rings. The Hall–Kier alpha value is -1.03. The number of allylic oxidation sites excluding steroid dienone is 2. The summed E-state index contributed by atoms with van der Waals surface area (Å²) in [6.07, 6.45) is 22.4. The summed E-state index contributed by atoms with van der Waals surface area (Å²) in [7, 11) is 0. The van der Waals surface area contributed by atoms with Crippen LogP contribution < -0.4 is 5.32 Å². The number of unbranched alkanes of at least 4 members (excludes halogenated alkanes) is 9. The normalized spacial score (nSPS) is 17.9. The largest absolute Gasteiger partial charge is 0.444 e. The first-order valence-electron chi connectivity index (χ1n) is 12.0. The highest BCUT2D eigenvalue weighted by Crippen LogP contribution is 2.14. The Balaban J connectivity index is 2.12. The summed E-state index contributed by atoms with van der Waals surface area (Å²) in [6.45, 7) is 5.71. The second-order valence-corrected chi connectivity index (χ2v) is 8.19. The molecule has 1 amide bonds. The van der Waals surface area contributed by atoms with Gasteiger partial charge in [0.2, 0.25) is 0 Å². The van der Waals surface area contributed by atoms with Crippen LogP contribution in [-0.2, 0) is 9.47 Å². The Morgan fingerprint density at radius 3 is 2.18 bits per heavy atom. The lowest BCUT2D eigenvalue weighted by Crippen LogP contribution is -2.37. The Morgan fingerprint density at radius 2 is 1.57 bits per heavy atom. The quantitative estimate of drug-likeness (QED) is 0.215. The van der Waals surface area contributed by atoms with E-state index in [0.29, 0.717) is 13.2 Å². The number of amides is 1. The molecule has 1 heterocycles. The van der Waals surface area contributed by atoms with E-state index in [-0.39, 0.29) is 18.2 Å². The van der Waals surface area contributed by atoms with Crippen LogP contribution in [0.2, 0.25) is 0 Å². The third-order valence-corrected chi connectivity index (χ3v) is 5.45. The van der Waals surface area contributed by atoms with Gasteiger partial charge in [0.1, 0.15) is 6.10 Å². The molecule has 0 aromatic carbocycles. The van der Waals surface area contributed by atoms with Gasteiger partial charge in [-0.2, -0.15) is 0 Å². The van der Waals surface area contributed by atoms with Crippen LogP contribution in [0.3, 0.4) is 0 Å². The lowest BCUT2D eigenvalue weighted by atomic mass is 10.0. The average molecular weight is 396 g/mol. The van der Waals surface area contributed by atoms with Crippen LogP contribution in [0.1, 0.15) is 110 Å². The predicted molar refractivity (Wildman–Crippen MR) is 118 cm³/mol. The van der Waals surface area contributed by atoms with Crippen molar-refractivity contribution in [3.63, 3.8) is 0 Å². The van der Waals surface area contributed by atoms with Crippen molar-refractivity contribution in [2.75, 3.05) is 13.2 Å². The third-order valence-electron chi connectivity index (χ3n) is 5.45. The zero-order valence-electron chi connectivity index (χ0n) is 18.6. The standard InChI is InChI=1S/C24H45NO3/c1-3-5-7-8-9-10-11-12-13-14-16-18-22(17-15-6-4-2)25-24(26)28-23-19-20-27-21-23/h10-11,22-23H,3-9,12-21H2,1-2H3,(H,25,26)/b11-10+. The third kappa shape index (κ3) is 14.0. The van der Waals surface area contributed by atoms with Crippen molar-refractivity contribution in [3.8, 4) is 0 Å². The second kappa shape index (κ2) is 18.0. The van der Waals surface area contributed by atoms with E-state index in [9.17, 15) is 4.79 Å². The molecule has 1 N–H and O–H groups in total. The van der Waals surface area contributed by atoms with Crippen molar-refractivity contribution in [2.24, 2.45) is 0 Å². The number of hydrogen-bond acceptors (Lipinski definition) is 3. The molecule has 0 bridgehead atoms. The number of rotatable bonds is 17. The van der Waals surface area contributed by atoms with E-state index in [1.165, 1.54) is 77.0 Å². The van der Waals surface area contributed by atoms with E-state index in [0.717, 1.165) is 19.3 Å². The van der Waals surface area contributed by atoms with Gasteiger partial charge < -0.3 is 14.8 Å². The molecule has 1 aliphatic rings. The molecule has 0 aromatic rings. The molecule has 28 heavy (non-hydrogen) atoms. The summed E-state index contributed by atoms with van der Waals surface area (Å²) in [6, 6.07) is 0.246. The van der Waals surface area contributed by atoms with Crippen LogP contribution in [0.5, 0.6) is 0 Å². The summed E-state index contributed by atoms with van der Waals surface area (Å²) in [5, 5.41) is 3.11. The van der Waals surface area contributed by atoms with E-state index < -0.39 is 0 Å². The van der Waals surface area contributed by atoms with Crippen molar-refractivity contribution in [2.45, 2.75) is 122 Å². The van der Waals surface area contributed by atoms with E-state index in [4.69, 9.17) is 9.47 Å². The number of carbonyl (C=O) groups excluding carboxylic acids is 1. The SMILES string of the molecule is CCCCCC/C=C/CCCCCC(CCCCC)NC(=O)OC1CCOC1. The fraction of sp³-hybridized carbons (Fsp3) is 0.875. The van der Waals surface area contributed by atoms with Gasteiger partial charge in [0.05, 0.1) is 13.2 Å². The minimum absolute atomic E-state index is 0.0648. The molecule has 0 radical (unpaired) electrons.